The summed E-state index contributed by atoms with van der Waals surface area (Å²) in [6, 6.07) is 5.18. The number of thiazole rings is 1. The summed E-state index contributed by atoms with van der Waals surface area (Å²) < 4.78 is 5.21. The average molecular weight is 368 g/mol. The first kappa shape index (κ1) is 18.2. The van der Waals surface area contributed by atoms with Crippen LogP contribution in [0.2, 0.25) is 5.02 Å². The molecule has 128 valence electrons. The number of anilines is 2. The molecule has 8 heteroatoms. The summed E-state index contributed by atoms with van der Waals surface area (Å²) in [7, 11) is 0. The Morgan fingerprint density at radius 3 is 2.88 bits per heavy atom. The third-order valence-corrected chi connectivity index (χ3v) is 4.23. The maximum Gasteiger partial charge on any atom is 0.360 e. The number of hydrogen-bond acceptors (Lipinski definition) is 6. The van der Waals surface area contributed by atoms with Crippen LogP contribution in [0.4, 0.5) is 10.7 Å². The summed E-state index contributed by atoms with van der Waals surface area (Å²) in [5, 5.41) is 6.88. The third kappa shape index (κ3) is 4.46. The van der Waals surface area contributed by atoms with Gasteiger partial charge >= 0.3 is 5.97 Å². The van der Waals surface area contributed by atoms with Gasteiger partial charge < -0.3 is 15.4 Å². The second kappa shape index (κ2) is 8.12. The number of rotatable bonds is 6. The van der Waals surface area contributed by atoms with Gasteiger partial charge in [-0.2, -0.15) is 0 Å². The summed E-state index contributed by atoms with van der Waals surface area (Å²) in [6.45, 7) is 5.93. The van der Waals surface area contributed by atoms with Crippen molar-refractivity contribution in [1.82, 2.24) is 4.98 Å². The van der Waals surface area contributed by atoms with Gasteiger partial charge in [0.15, 0.2) is 11.8 Å². The van der Waals surface area contributed by atoms with Crippen LogP contribution < -0.4 is 10.6 Å². The van der Waals surface area contributed by atoms with Gasteiger partial charge in [0.2, 0.25) is 0 Å². The van der Waals surface area contributed by atoms with Gasteiger partial charge in [-0.25, -0.2) is 9.78 Å². The molecule has 0 unspecified atom stereocenters. The van der Waals surface area contributed by atoms with Gasteiger partial charge in [0, 0.05) is 17.3 Å². The van der Waals surface area contributed by atoms with E-state index in [1.165, 1.54) is 18.3 Å². The van der Waals surface area contributed by atoms with Gasteiger partial charge in [-0.05, 0) is 38.5 Å². The largest absolute Gasteiger partial charge is 0.448 e. The highest BCUT2D eigenvalue weighted by atomic mass is 35.5. The molecule has 2 rings (SSSR count). The number of nitrogens with one attached hydrogen (secondary N) is 2. The Kier molecular flexibility index (Phi) is 6.16. The summed E-state index contributed by atoms with van der Waals surface area (Å²) >= 11 is 7.23. The molecule has 0 aliphatic rings. The van der Waals surface area contributed by atoms with E-state index >= 15 is 0 Å². The minimum atomic E-state index is -0.966. The summed E-state index contributed by atoms with van der Waals surface area (Å²) in [6.07, 6.45) is -0.966. The molecule has 0 saturated carbocycles. The minimum absolute atomic E-state index is 0.181. The lowest BCUT2D eigenvalue weighted by molar-refractivity contribution is -0.123. The van der Waals surface area contributed by atoms with Crippen LogP contribution in [0.15, 0.2) is 23.7 Å². The zero-order chi connectivity index (χ0) is 17.7. The van der Waals surface area contributed by atoms with E-state index in [2.05, 4.69) is 15.6 Å². The molecule has 1 amide bonds. The van der Waals surface area contributed by atoms with Crippen LogP contribution in [-0.4, -0.2) is 29.5 Å². The van der Waals surface area contributed by atoms with Crippen molar-refractivity contribution in [3.8, 4) is 0 Å². The predicted octanol–water partition coefficient (Wildman–Crippen LogP) is 3.72. The molecular formula is C16H18ClN3O3S. The Morgan fingerprint density at radius 1 is 1.42 bits per heavy atom. The molecule has 1 atom stereocenters. The van der Waals surface area contributed by atoms with E-state index in [1.807, 2.05) is 13.8 Å². The van der Waals surface area contributed by atoms with Crippen molar-refractivity contribution in [2.45, 2.75) is 26.9 Å². The highest BCUT2D eigenvalue weighted by Gasteiger charge is 2.23. The summed E-state index contributed by atoms with van der Waals surface area (Å²) in [5.74, 6) is -1.08. The van der Waals surface area contributed by atoms with Crippen molar-refractivity contribution in [3.63, 3.8) is 0 Å². The van der Waals surface area contributed by atoms with Crippen molar-refractivity contribution in [3.05, 3.63) is 40.0 Å². The van der Waals surface area contributed by atoms with E-state index in [9.17, 15) is 9.59 Å². The van der Waals surface area contributed by atoms with Crippen LogP contribution in [0.25, 0.3) is 0 Å². The Bertz CT molecular complexity index is 748. The Morgan fingerprint density at radius 2 is 2.17 bits per heavy atom. The zero-order valence-corrected chi connectivity index (χ0v) is 15.1. The van der Waals surface area contributed by atoms with Crippen LogP contribution in [0.1, 0.15) is 29.9 Å². The quantitative estimate of drug-likeness (QED) is 0.760. The molecule has 0 bridgehead atoms. The molecule has 1 heterocycles. The normalized spacial score (nSPS) is 11.7. The maximum absolute atomic E-state index is 12.2. The smallest absolute Gasteiger partial charge is 0.360 e. The topological polar surface area (TPSA) is 80.3 Å². The second-order valence-corrected chi connectivity index (χ2v) is 6.35. The van der Waals surface area contributed by atoms with Gasteiger partial charge in [-0.1, -0.05) is 17.7 Å². The fourth-order valence-corrected chi connectivity index (χ4v) is 2.82. The predicted molar refractivity (Wildman–Crippen MR) is 96.0 cm³/mol. The van der Waals surface area contributed by atoms with E-state index in [4.69, 9.17) is 16.3 Å². The van der Waals surface area contributed by atoms with Crippen molar-refractivity contribution in [2.24, 2.45) is 0 Å². The van der Waals surface area contributed by atoms with Gasteiger partial charge in [-0.3, -0.25) is 4.79 Å². The molecule has 0 radical (unpaired) electrons. The fourth-order valence-electron chi connectivity index (χ4n) is 1.91. The Balaban J connectivity index is 2.02. The molecule has 24 heavy (non-hydrogen) atoms. The number of carbonyl (C=O) groups excluding carboxylic acids is 2. The number of amides is 1. The number of aryl methyl sites for hydroxylation is 1. The minimum Gasteiger partial charge on any atom is -0.448 e. The maximum atomic E-state index is 12.2. The van der Waals surface area contributed by atoms with Crippen LogP contribution in [0.5, 0.6) is 0 Å². The van der Waals surface area contributed by atoms with Crippen LogP contribution >= 0.6 is 22.9 Å². The van der Waals surface area contributed by atoms with Crippen molar-refractivity contribution in [1.29, 1.82) is 0 Å². The van der Waals surface area contributed by atoms with Crippen molar-refractivity contribution >= 4 is 45.5 Å². The lowest BCUT2D eigenvalue weighted by Crippen LogP contribution is -2.30. The van der Waals surface area contributed by atoms with Crippen molar-refractivity contribution in [2.75, 3.05) is 17.2 Å². The van der Waals surface area contributed by atoms with Crippen LogP contribution in [-0.2, 0) is 9.53 Å². The van der Waals surface area contributed by atoms with E-state index < -0.39 is 18.0 Å². The first-order valence-corrected chi connectivity index (χ1v) is 8.63. The van der Waals surface area contributed by atoms with E-state index in [1.54, 1.807) is 23.7 Å². The van der Waals surface area contributed by atoms with Gasteiger partial charge in [0.25, 0.3) is 5.91 Å². The second-order valence-electron chi connectivity index (χ2n) is 5.06. The lowest BCUT2D eigenvalue weighted by atomic mass is 10.2. The highest BCUT2D eigenvalue weighted by molar-refractivity contribution is 7.14. The number of esters is 1. The molecular weight excluding hydrogens is 350 g/mol. The number of aromatic nitrogens is 1. The van der Waals surface area contributed by atoms with Crippen LogP contribution in [0.3, 0.4) is 0 Å². The SMILES string of the molecule is CCNc1scnc1C(=O)O[C@@H](C)C(=O)Nc1cc(Cl)ccc1C. The molecule has 6 nitrogen and oxygen atoms in total. The molecule has 0 spiro atoms. The number of halogens is 1. The molecule has 0 aliphatic carbocycles. The molecule has 1 aromatic carbocycles. The molecule has 1 aromatic heterocycles. The van der Waals surface area contributed by atoms with Gasteiger partial charge in [0.1, 0.15) is 5.00 Å². The van der Waals surface area contributed by atoms with E-state index in [-0.39, 0.29) is 5.69 Å². The first-order chi connectivity index (χ1) is 11.4. The summed E-state index contributed by atoms with van der Waals surface area (Å²) in [5.41, 5.74) is 3.17. The van der Waals surface area contributed by atoms with Crippen molar-refractivity contribution < 1.29 is 14.3 Å². The Labute approximate surface area is 149 Å². The monoisotopic (exact) mass is 367 g/mol. The number of carbonyl (C=O) groups is 2. The average Bonchev–Trinajstić information content (AvgIpc) is 2.99. The third-order valence-electron chi connectivity index (χ3n) is 3.21. The fraction of sp³-hybridized carbons (Fsp3) is 0.312. The molecule has 2 aromatic rings. The number of benzene rings is 1. The standard InChI is InChI=1S/C16H18ClN3O3S/c1-4-18-15-13(19-8-24-15)16(22)23-10(3)14(21)20-12-7-11(17)6-5-9(12)2/h5-8,10,18H,4H2,1-3H3,(H,20,21)/t10-/m0/s1. The number of ether oxygens (including phenoxy) is 1. The van der Waals surface area contributed by atoms with E-state index in [0.29, 0.717) is 22.3 Å². The molecule has 0 aliphatic heterocycles. The summed E-state index contributed by atoms with van der Waals surface area (Å²) in [4.78, 5) is 28.4. The molecule has 0 saturated heterocycles. The zero-order valence-electron chi connectivity index (χ0n) is 13.6. The highest BCUT2D eigenvalue weighted by Crippen LogP contribution is 2.22. The Hall–Kier alpha value is -2.12. The van der Waals surface area contributed by atoms with Crippen LogP contribution in [0, 0.1) is 6.92 Å². The van der Waals surface area contributed by atoms with E-state index in [0.717, 1.165) is 5.56 Å². The lowest BCUT2D eigenvalue weighted by Gasteiger charge is -2.14. The molecule has 0 fully saturated rings. The van der Waals surface area contributed by atoms with Gasteiger partial charge in [0.05, 0.1) is 5.51 Å². The number of hydrogen-bond donors (Lipinski definition) is 2. The first-order valence-electron chi connectivity index (χ1n) is 7.37. The number of nitrogens with zero attached hydrogens (tertiary/aromatic N) is 1. The van der Waals surface area contributed by atoms with Gasteiger partial charge in [-0.15, -0.1) is 11.3 Å². The molecule has 2 N–H and O–H groups in total.